The minimum Gasteiger partial charge on any atom is -0.496 e. The molecule has 1 amide bonds. The van der Waals surface area contributed by atoms with Crippen LogP contribution in [0.3, 0.4) is 0 Å². The first-order valence-corrected chi connectivity index (χ1v) is 8.00. The van der Waals surface area contributed by atoms with E-state index < -0.39 is 0 Å². The summed E-state index contributed by atoms with van der Waals surface area (Å²) in [5, 5.41) is 3.40. The standard InChI is InChI=1S/C14H21N3O2S2/c1-14(2,3)15-13(20)17-16-12(18)10-7-6-9(21-5)8-11(10)19-4/h6-8H,1-5H3,(H,16,18)(H2,15,17,20). The smallest absolute Gasteiger partial charge is 0.273 e. The van der Waals surface area contributed by atoms with Gasteiger partial charge in [-0.1, -0.05) is 0 Å². The number of ether oxygens (including phenoxy) is 1. The quantitative estimate of drug-likeness (QED) is 0.450. The van der Waals surface area contributed by atoms with E-state index in [1.807, 2.05) is 39.2 Å². The van der Waals surface area contributed by atoms with Crippen LogP contribution in [0.1, 0.15) is 31.1 Å². The average Bonchev–Trinajstić information content (AvgIpc) is 2.42. The number of hydrazine groups is 1. The molecule has 0 fully saturated rings. The molecule has 21 heavy (non-hydrogen) atoms. The van der Waals surface area contributed by atoms with E-state index in [9.17, 15) is 4.79 Å². The Bertz CT molecular complexity index is 527. The maximum Gasteiger partial charge on any atom is 0.273 e. The molecule has 3 N–H and O–H groups in total. The van der Waals surface area contributed by atoms with Crippen LogP contribution in [0, 0.1) is 0 Å². The molecule has 0 aliphatic heterocycles. The number of hydrogen-bond donors (Lipinski definition) is 3. The van der Waals surface area contributed by atoms with Crippen LogP contribution in [0.5, 0.6) is 5.75 Å². The highest BCUT2D eigenvalue weighted by Gasteiger charge is 2.14. The number of thiocarbonyl (C=S) groups is 1. The lowest BCUT2D eigenvalue weighted by atomic mass is 10.1. The Hall–Kier alpha value is -1.47. The van der Waals surface area contributed by atoms with E-state index in [2.05, 4.69) is 16.2 Å². The number of benzene rings is 1. The van der Waals surface area contributed by atoms with Gasteiger partial charge in [-0.15, -0.1) is 11.8 Å². The Morgan fingerprint density at radius 1 is 1.29 bits per heavy atom. The zero-order chi connectivity index (χ0) is 16.0. The van der Waals surface area contributed by atoms with Gasteiger partial charge < -0.3 is 10.1 Å². The molecule has 0 unspecified atom stereocenters. The first-order valence-electron chi connectivity index (χ1n) is 6.37. The lowest BCUT2D eigenvalue weighted by molar-refractivity contribution is 0.0940. The van der Waals surface area contributed by atoms with Gasteiger partial charge in [0, 0.05) is 10.4 Å². The van der Waals surface area contributed by atoms with E-state index in [0.29, 0.717) is 16.4 Å². The molecule has 0 heterocycles. The number of thioether (sulfide) groups is 1. The van der Waals surface area contributed by atoms with Crippen LogP contribution >= 0.6 is 24.0 Å². The van der Waals surface area contributed by atoms with E-state index in [1.54, 1.807) is 17.8 Å². The summed E-state index contributed by atoms with van der Waals surface area (Å²) in [5.41, 5.74) is 5.50. The first kappa shape index (κ1) is 17.6. The summed E-state index contributed by atoms with van der Waals surface area (Å²) in [4.78, 5) is 13.2. The zero-order valence-corrected chi connectivity index (χ0v) is 14.5. The number of rotatable bonds is 3. The molecule has 0 spiro atoms. The SMILES string of the molecule is COc1cc(SC)ccc1C(=O)NNC(=S)NC(C)(C)C. The van der Waals surface area contributed by atoms with Crippen LogP contribution in [-0.4, -0.2) is 29.9 Å². The lowest BCUT2D eigenvalue weighted by Crippen LogP contribution is -2.52. The van der Waals surface area contributed by atoms with Gasteiger partial charge in [-0.25, -0.2) is 0 Å². The summed E-state index contributed by atoms with van der Waals surface area (Å²) in [7, 11) is 1.54. The van der Waals surface area contributed by atoms with Gasteiger partial charge in [0.25, 0.3) is 5.91 Å². The average molecular weight is 327 g/mol. The third-order valence-electron chi connectivity index (χ3n) is 2.43. The van der Waals surface area contributed by atoms with Crippen LogP contribution in [0.4, 0.5) is 0 Å². The molecule has 116 valence electrons. The van der Waals surface area contributed by atoms with Gasteiger partial charge in [0.05, 0.1) is 12.7 Å². The van der Waals surface area contributed by atoms with Gasteiger partial charge in [0.1, 0.15) is 5.75 Å². The van der Waals surface area contributed by atoms with Gasteiger partial charge in [0.15, 0.2) is 5.11 Å². The fraction of sp³-hybridized carbons (Fsp3) is 0.429. The summed E-state index contributed by atoms with van der Waals surface area (Å²) < 4.78 is 5.25. The second-order valence-electron chi connectivity index (χ2n) is 5.35. The third-order valence-corrected chi connectivity index (χ3v) is 3.36. The van der Waals surface area contributed by atoms with Crippen molar-refractivity contribution in [1.29, 1.82) is 0 Å². The molecular formula is C14H21N3O2S2. The minimum absolute atomic E-state index is 0.174. The fourth-order valence-corrected chi connectivity index (χ4v) is 2.33. The molecule has 0 atom stereocenters. The maximum atomic E-state index is 12.1. The summed E-state index contributed by atoms with van der Waals surface area (Å²) in [6.07, 6.45) is 1.96. The van der Waals surface area contributed by atoms with Crippen LogP contribution in [0.25, 0.3) is 0 Å². The second kappa shape index (κ2) is 7.51. The summed E-state index contributed by atoms with van der Waals surface area (Å²) in [5.74, 6) is 0.216. The number of methoxy groups -OCH3 is 1. The van der Waals surface area contributed by atoms with Crippen molar-refractivity contribution in [2.24, 2.45) is 0 Å². The summed E-state index contributed by atoms with van der Waals surface area (Å²) in [6, 6.07) is 5.42. The van der Waals surface area contributed by atoms with Crippen molar-refractivity contribution < 1.29 is 9.53 Å². The Labute approximate surface area is 135 Å². The molecule has 0 bridgehead atoms. The van der Waals surface area contributed by atoms with Gasteiger partial charge in [-0.05, 0) is 57.4 Å². The molecule has 0 aromatic heterocycles. The van der Waals surface area contributed by atoms with E-state index >= 15 is 0 Å². The normalized spacial score (nSPS) is 10.7. The number of nitrogens with one attached hydrogen (secondary N) is 3. The van der Waals surface area contributed by atoms with Crippen LogP contribution in [0.15, 0.2) is 23.1 Å². The van der Waals surface area contributed by atoms with E-state index in [0.717, 1.165) is 4.90 Å². The Morgan fingerprint density at radius 3 is 2.48 bits per heavy atom. The highest BCUT2D eigenvalue weighted by atomic mass is 32.2. The molecule has 0 saturated heterocycles. The molecule has 7 heteroatoms. The van der Waals surface area contributed by atoms with E-state index in [4.69, 9.17) is 17.0 Å². The molecule has 0 radical (unpaired) electrons. The largest absolute Gasteiger partial charge is 0.496 e. The number of amides is 1. The molecule has 0 aliphatic rings. The van der Waals surface area contributed by atoms with Crippen molar-refractivity contribution in [3.05, 3.63) is 23.8 Å². The van der Waals surface area contributed by atoms with Gasteiger partial charge >= 0.3 is 0 Å². The van der Waals surface area contributed by atoms with Crippen molar-refractivity contribution in [1.82, 2.24) is 16.2 Å². The minimum atomic E-state index is -0.308. The highest BCUT2D eigenvalue weighted by molar-refractivity contribution is 7.98. The van der Waals surface area contributed by atoms with Crippen molar-refractivity contribution in [2.75, 3.05) is 13.4 Å². The molecule has 1 aromatic carbocycles. The van der Waals surface area contributed by atoms with Gasteiger partial charge in [-0.3, -0.25) is 15.6 Å². The fourth-order valence-electron chi connectivity index (χ4n) is 1.54. The van der Waals surface area contributed by atoms with Crippen molar-refractivity contribution in [2.45, 2.75) is 31.2 Å². The molecule has 1 rings (SSSR count). The number of hydrogen-bond acceptors (Lipinski definition) is 4. The Morgan fingerprint density at radius 2 is 1.95 bits per heavy atom. The lowest BCUT2D eigenvalue weighted by Gasteiger charge is -2.23. The zero-order valence-electron chi connectivity index (χ0n) is 12.9. The van der Waals surface area contributed by atoms with Crippen LogP contribution < -0.4 is 20.9 Å². The van der Waals surface area contributed by atoms with Crippen LogP contribution in [0.2, 0.25) is 0 Å². The molecular weight excluding hydrogens is 306 g/mol. The Kier molecular flexibility index (Phi) is 6.29. The first-order chi connectivity index (χ1) is 9.76. The number of carbonyl (C=O) groups excluding carboxylic acids is 1. The summed E-state index contributed by atoms with van der Waals surface area (Å²) >= 11 is 6.68. The van der Waals surface area contributed by atoms with Crippen LogP contribution in [-0.2, 0) is 0 Å². The number of carbonyl (C=O) groups is 1. The van der Waals surface area contributed by atoms with E-state index in [1.165, 1.54) is 7.11 Å². The van der Waals surface area contributed by atoms with Crippen molar-refractivity contribution >= 4 is 35.0 Å². The second-order valence-corrected chi connectivity index (χ2v) is 6.64. The molecule has 1 aromatic rings. The predicted octanol–water partition coefficient (Wildman–Crippen LogP) is 2.32. The Balaban J connectivity index is 2.70. The van der Waals surface area contributed by atoms with Crippen molar-refractivity contribution in [3.63, 3.8) is 0 Å². The van der Waals surface area contributed by atoms with Gasteiger partial charge in [-0.2, -0.15) is 0 Å². The molecule has 0 saturated carbocycles. The molecule has 0 aliphatic carbocycles. The monoisotopic (exact) mass is 327 g/mol. The molecule has 5 nitrogen and oxygen atoms in total. The topological polar surface area (TPSA) is 62.4 Å². The predicted molar refractivity (Wildman–Crippen MR) is 90.9 cm³/mol. The van der Waals surface area contributed by atoms with Gasteiger partial charge in [0.2, 0.25) is 0 Å². The summed E-state index contributed by atoms with van der Waals surface area (Å²) in [6.45, 7) is 5.94. The van der Waals surface area contributed by atoms with E-state index in [-0.39, 0.29) is 11.4 Å². The maximum absolute atomic E-state index is 12.1. The third kappa shape index (κ3) is 5.81. The highest BCUT2D eigenvalue weighted by Crippen LogP contribution is 2.25. The van der Waals surface area contributed by atoms with Crippen molar-refractivity contribution in [3.8, 4) is 5.75 Å².